The van der Waals surface area contributed by atoms with Crippen LogP contribution in [0.5, 0.6) is 0 Å². The Bertz CT molecular complexity index is 812. The fourth-order valence-corrected chi connectivity index (χ4v) is 8.89. The van der Waals surface area contributed by atoms with Crippen LogP contribution in [0.25, 0.3) is 0 Å². The van der Waals surface area contributed by atoms with E-state index in [0.29, 0.717) is 36.9 Å². The van der Waals surface area contributed by atoms with Crippen LogP contribution in [-0.4, -0.2) is 59.6 Å². The van der Waals surface area contributed by atoms with Crippen LogP contribution in [0.4, 0.5) is 0 Å². The van der Waals surface area contributed by atoms with Gasteiger partial charge in [-0.05, 0) is 98.5 Å². The summed E-state index contributed by atoms with van der Waals surface area (Å²) in [4.78, 5) is 0. The molecule has 0 amide bonds. The third-order valence-corrected chi connectivity index (χ3v) is 10.9. The highest BCUT2D eigenvalue weighted by molar-refractivity contribution is 5.26. The van der Waals surface area contributed by atoms with Gasteiger partial charge in [0.1, 0.15) is 6.10 Å². The first-order chi connectivity index (χ1) is 16.3. The van der Waals surface area contributed by atoms with Crippen LogP contribution in [0.3, 0.4) is 0 Å². The van der Waals surface area contributed by atoms with Crippen LogP contribution in [0.1, 0.15) is 83.1 Å². The minimum absolute atomic E-state index is 0.0643. The average molecular weight is 477 g/mol. The number of fused-ring (bicyclic) bond motifs is 5. The molecule has 6 heteroatoms. The third-order valence-electron chi connectivity index (χ3n) is 10.9. The number of furan rings is 1. The van der Waals surface area contributed by atoms with Crippen LogP contribution in [0.2, 0.25) is 0 Å². The summed E-state index contributed by atoms with van der Waals surface area (Å²) < 4.78 is 17.0. The molecule has 1 heterocycles. The minimum Gasteiger partial charge on any atom is -0.472 e. The first kappa shape index (κ1) is 24.8. The molecule has 4 aliphatic rings. The van der Waals surface area contributed by atoms with Gasteiger partial charge >= 0.3 is 0 Å². The number of aliphatic hydroxyl groups is 3. The molecule has 34 heavy (non-hydrogen) atoms. The molecule has 4 aliphatic carbocycles. The zero-order chi connectivity index (χ0) is 24.0. The maximum Gasteiger partial charge on any atom is 0.100 e. The van der Waals surface area contributed by atoms with Crippen molar-refractivity contribution in [2.24, 2.45) is 28.6 Å². The molecular weight excluding hydrogens is 432 g/mol. The van der Waals surface area contributed by atoms with Gasteiger partial charge in [-0.2, -0.15) is 0 Å². The van der Waals surface area contributed by atoms with Gasteiger partial charge in [0.05, 0.1) is 50.7 Å². The molecule has 0 radical (unpaired) electrons. The summed E-state index contributed by atoms with van der Waals surface area (Å²) in [6.45, 7) is 5.73. The number of hydrogen-bond donors (Lipinski definition) is 3. The summed E-state index contributed by atoms with van der Waals surface area (Å²) in [5, 5.41) is 30.6. The first-order valence-corrected chi connectivity index (χ1v) is 13.5. The van der Waals surface area contributed by atoms with E-state index < -0.39 is 11.7 Å². The monoisotopic (exact) mass is 476 g/mol. The van der Waals surface area contributed by atoms with Crippen molar-refractivity contribution in [1.29, 1.82) is 0 Å². The van der Waals surface area contributed by atoms with Crippen molar-refractivity contribution in [3.05, 3.63) is 24.2 Å². The van der Waals surface area contributed by atoms with Crippen LogP contribution in [0.15, 0.2) is 23.0 Å². The van der Waals surface area contributed by atoms with Gasteiger partial charge in [-0.15, -0.1) is 0 Å². The van der Waals surface area contributed by atoms with E-state index in [-0.39, 0.29) is 30.1 Å². The van der Waals surface area contributed by atoms with Gasteiger partial charge in [0.15, 0.2) is 0 Å². The molecule has 1 unspecified atom stereocenters. The van der Waals surface area contributed by atoms with Crippen molar-refractivity contribution in [2.45, 2.75) is 95.4 Å². The summed E-state index contributed by atoms with van der Waals surface area (Å²) in [5.41, 5.74) is 0.917. The summed E-state index contributed by atoms with van der Waals surface area (Å²) >= 11 is 0. The van der Waals surface area contributed by atoms with E-state index in [1.54, 1.807) is 6.26 Å². The SMILES string of the molecule is C[C@]12CC[C@H](OCCOCC(O)CO)C[C@H]1CC[C@@H]1[C@@H]2CC[C@]2(C)[C@@H](c3ccoc3)CC[C@]12O. The Morgan fingerprint density at radius 2 is 1.91 bits per heavy atom. The van der Waals surface area contributed by atoms with E-state index >= 15 is 0 Å². The predicted molar refractivity (Wildman–Crippen MR) is 128 cm³/mol. The summed E-state index contributed by atoms with van der Waals surface area (Å²) in [6.07, 6.45) is 13.1. The Kier molecular flexibility index (Phi) is 6.93. The van der Waals surface area contributed by atoms with E-state index in [1.165, 1.54) is 24.8 Å². The molecule has 4 saturated carbocycles. The Morgan fingerprint density at radius 3 is 2.68 bits per heavy atom. The molecular formula is C28H44O6. The summed E-state index contributed by atoms with van der Waals surface area (Å²) in [7, 11) is 0. The van der Waals surface area contributed by atoms with Gasteiger partial charge in [0, 0.05) is 5.41 Å². The molecule has 5 rings (SSSR count). The van der Waals surface area contributed by atoms with E-state index in [2.05, 4.69) is 19.9 Å². The van der Waals surface area contributed by atoms with Gasteiger partial charge in [0.25, 0.3) is 0 Å². The maximum atomic E-state index is 12.3. The van der Waals surface area contributed by atoms with Crippen molar-refractivity contribution in [2.75, 3.05) is 26.4 Å². The topological polar surface area (TPSA) is 92.3 Å². The number of hydrogen-bond acceptors (Lipinski definition) is 6. The average Bonchev–Trinajstić information content (AvgIpc) is 3.44. The quantitative estimate of drug-likeness (QED) is 0.485. The molecule has 4 fully saturated rings. The number of rotatable bonds is 8. The molecule has 0 saturated heterocycles. The second-order valence-electron chi connectivity index (χ2n) is 12.2. The van der Waals surface area contributed by atoms with Gasteiger partial charge in [-0.3, -0.25) is 0 Å². The van der Waals surface area contributed by atoms with Crippen molar-refractivity contribution >= 4 is 0 Å². The molecule has 0 aliphatic heterocycles. The largest absolute Gasteiger partial charge is 0.472 e. The standard InChI is InChI=1S/C28H44O6/c1-26-9-5-22(34-14-13-33-18-21(30)16-29)15-20(26)3-4-25-24(26)6-10-27(2)23(7-11-28(25,27)31)19-8-12-32-17-19/h8,12,17,20-25,29-31H,3-7,9-11,13-16,18H2,1-2H3/t20-,21?,22+,23-,24+,25-,26+,27-,28+/m1/s1. The minimum atomic E-state index is -0.812. The zero-order valence-electron chi connectivity index (χ0n) is 21.0. The highest BCUT2D eigenvalue weighted by atomic mass is 16.5. The lowest BCUT2D eigenvalue weighted by atomic mass is 9.43. The molecule has 0 aromatic carbocycles. The fraction of sp³-hybridized carbons (Fsp3) is 0.857. The van der Waals surface area contributed by atoms with Gasteiger partial charge < -0.3 is 29.2 Å². The van der Waals surface area contributed by atoms with Crippen LogP contribution < -0.4 is 0 Å². The number of aliphatic hydroxyl groups excluding tert-OH is 2. The maximum absolute atomic E-state index is 12.3. The van der Waals surface area contributed by atoms with Gasteiger partial charge in [-0.1, -0.05) is 13.8 Å². The normalized spacial score (nSPS) is 44.8. The molecule has 192 valence electrons. The summed E-state index contributed by atoms with van der Waals surface area (Å²) in [5.74, 6) is 2.04. The van der Waals surface area contributed by atoms with E-state index in [9.17, 15) is 10.2 Å². The first-order valence-electron chi connectivity index (χ1n) is 13.5. The number of ether oxygens (including phenoxy) is 2. The molecule has 1 aromatic rings. The Balaban J connectivity index is 1.21. The predicted octanol–water partition coefficient (Wildman–Crippen LogP) is 4.28. The van der Waals surface area contributed by atoms with Crippen LogP contribution in [0, 0.1) is 28.6 Å². The molecule has 3 N–H and O–H groups in total. The van der Waals surface area contributed by atoms with E-state index in [1.807, 2.05) is 6.26 Å². The molecule has 6 nitrogen and oxygen atoms in total. The molecule has 0 bridgehead atoms. The smallest absolute Gasteiger partial charge is 0.100 e. The molecule has 9 atom stereocenters. The van der Waals surface area contributed by atoms with E-state index in [4.69, 9.17) is 19.0 Å². The van der Waals surface area contributed by atoms with Crippen LogP contribution in [-0.2, 0) is 9.47 Å². The fourth-order valence-electron chi connectivity index (χ4n) is 8.89. The van der Waals surface area contributed by atoms with Crippen LogP contribution >= 0.6 is 0 Å². The third kappa shape index (κ3) is 3.98. The Hall–Kier alpha value is -0.920. The highest BCUT2D eigenvalue weighted by Crippen LogP contribution is 2.70. The second-order valence-corrected chi connectivity index (χ2v) is 12.2. The molecule has 1 aromatic heterocycles. The molecule has 0 spiro atoms. The second kappa shape index (κ2) is 9.51. The van der Waals surface area contributed by atoms with Crippen molar-refractivity contribution < 1.29 is 29.2 Å². The highest BCUT2D eigenvalue weighted by Gasteiger charge is 2.67. The lowest BCUT2D eigenvalue weighted by Crippen LogP contribution is -2.62. The zero-order valence-corrected chi connectivity index (χ0v) is 21.0. The lowest BCUT2D eigenvalue weighted by Gasteiger charge is -2.63. The summed E-state index contributed by atoms with van der Waals surface area (Å²) in [6, 6.07) is 2.10. The lowest BCUT2D eigenvalue weighted by molar-refractivity contribution is -0.207. The Morgan fingerprint density at radius 1 is 1.06 bits per heavy atom. The van der Waals surface area contributed by atoms with Gasteiger partial charge in [0.2, 0.25) is 0 Å². The van der Waals surface area contributed by atoms with Crippen molar-refractivity contribution in [3.63, 3.8) is 0 Å². The van der Waals surface area contributed by atoms with Gasteiger partial charge in [-0.25, -0.2) is 0 Å². The van der Waals surface area contributed by atoms with Crippen molar-refractivity contribution in [3.8, 4) is 0 Å². The van der Waals surface area contributed by atoms with E-state index in [0.717, 1.165) is 38.5 Å². The Labute approximate surface area is 204 Å². The van der Waals surface area contributed by atoms with Crippen molar-refractivity contribution in [1.82, 2.24) is 0 Å².